The van der Waals surface area contributed by atoms with Gasteiger partial charge in [0.2, 0.25) is 0 Å². The SMILES string of the molecule is C/C=C1/C(=O)N(CCCCSCc2nc3ccccc3[nH]2)C(=O)/C1=C/C.C=C. The lowest BCUT2D eigenvalue weighted by Crippen LogP contribution is -2.30. The van der Waals surface area contributed by atoms with Crippen LogP contribution in [0.25, 0.3) is 11.0 Å². The van der Waals surface area contributed by atoms with Crippen molar-refractivity contribution < 1.29 is 9.59 Å². The monoisotopic (exact) mass is 397 g/mol. The highest BCUT2D eigenvalue weighted by molar-refractivity contribution is 7.98. The molecule has 1 aromatic heterocycles. The van der Waals surface area contributed by atoms with Gasteiger partial charge in [-0.15, -0.1) is 13.2 Å². The predicted octanol–water partition coefficient (Wildman–Crippen LogP) is 4.64. The van der Waals surface area contributed by atoms with Crippen LogP contribution < -0.4 is 0 Å². The maximum atomic E-state index is 12.3. The molecule has 28 heavy (non-hydrogen) atoms. The Morgan fingerprint density at radius 3 is 2.32 bits per heavy atom. The van der Waals surface area contributed by atoms with E-state index in [2.05, 4.69) is 23.1 Å². The van der Waals surface area contributed by atoms with Gasteiger partial charge in [0.05, 0.1) is 16.8 Å². The number of imidazole rings is 1. The number of allylic oxidation sites excluding steroid dienone is 2. The van der Waals surface area contributed by atoms with Crippen molar-refractivity contribution in [2.45, 2.75) is 32.4 Å². The van der Waals surface area contributed by atoms with Crippen LogP contribution in [0.2, 0.25) is 0 Å². The van der Waals surface area contributed by atoms with Crippen LogP contribution >= 0.6 is 11.8 Å². The number of likely N-dealkylation sites (tertiary alicyclic amines) is 1. The zero-order chi connectivity index (χ0) is 20.5. The van der Waals surface area contributed by atoms with Gasteiger partial charge in [-0.25, -0.2) is 4.98 Å². The maximum Gasteiger partial charge on any atom is 0.261 e. The molecule has 5 nitrogen and oxygen atoms in total. The van der Waals surface area contributed by atoms with E-state index in [-0.39, 0.29) is 11.8 Å². The summed E-state index contributed by atoms with van der Waals surface area (Å²) in [5.41, 5.74) is 3.11. The zero-order valence-electron chi connectivity index (χ0n) is 16.5. The molecule has 0 spiro atoms. The van der Waals surface area contributed by atoms with E-state index in [9.17, 15) is 9.59 Å². The number of amides is 2. The molecule has 1 aromatic carbocycles. The number of aromatic amines is 1. The number of nitrogens with zero attached hydrogens (tertiary/aromatic N) is 2. The minimum Gasteiger partial charge on any atom is -0.341 e. The third kappa shape index (κ3) is 4.81. The fraction of sp³-hybridized carbons (Fsp3) is 0.318. The summed E-state index contributed by atoms with van der Waals surface area (Å²) < 4.78 is 0. The lowest BCUT2D eigenvalue weighted by Gasteiger charge is -2.12. The molecule has 1 N–H and O–H groups in total. The number of hydrogen-bond acceptors (Lipinski definition) is 4. The Morgan fingerprint density at radius 1 is 1.07 bits per heavy atom. The number of carbonyl (C=O) groups is 2. The van der Waals surface area contributed by atoms with Gasteiger partial charge in [0.15, 0.2) is 0 Å². The molecule has 2 heterocycles. The number of thioether (sulfide) groups is 1. The maximum absolute atomic E-state index is 12.3. The molecule has 2 aromatic rings. The Labute approximate surface area is 170 Å². The highest BCUT2D eigenvalue weighted by Crippen LogP contribution is 2.25. The van der Waals surface area contributed by atoms with Gasteiger partial charge in [-0.3, -0.25) is 14.5 Å². The normalized spacial score (nSPS) is 16.9. The van der Waals surface area contributed by atoms with E-state index in [4.69, 9.17) is 0 Å². The quantitative estimate of drug-likeness (QED) is 0.320. The summed E-state index contributed by atoms with van der Waals surface area (Å²) in [4.78, 5) is 33.8. The van der Waals surface area contributed by atoms with Gasteiger partial charge < -0.3 is 4.98 Å². The lowest BCUT2D eigenvalue weighted by molar-refractivity contribution is -0.136. The fourth-order valence-corrected chi connectivity index (χ4v) is 3.97. The van der Waals surface area contributed by atoms with Gasteiger partial charge in [0.1, 0.15) is 5.82 Å². The Balaban J connectivity index is 0.00000136. The molecule has 0 atom stereocenters. The van der Waals surface area contributed by atoms with E-state index in [1.807, 2.05) is 36.0 Å². The smallest absolute Gasteiger partial charge is 0.261 e. The Kier molecular flexibility index (Phi) is 8.26. The predicted molar refractivity (Wildman–Crippen MR) is 117 cm³/mol. The van der Waals surface area contributed by atoms with Crippen molar-refractivity contribution in [3.05, 3.63) is 66.5 Å². The number of H-pyrrole nitrogens is 1. The molecule has 0 saturated carbocycles. The first-order chi connectivity index (χ1) is 13.7. The standard InChI is InChI=1S/C20H23N3O2S.C2H4/c1-3-14-15(4-2)20(25)23(19(14)24)11-7-8-12-26-13-18-21-16-9-5-6-10-17(16)22-18;1-2/h3-6,9-10H,7-8,11-13H2,1-2H3,(H,21,22);1-2H2/b14-3+,15-4+;. The number of rotatable bonds is 7. The fourth-order valence-electron chi connectivity index (χ4n) is 3.09. The number of unbranched alkanes of at least 4 members (excludes halogenated alkanes) is 1. The summed E-state index contributed by atoms with van der Waals surface area (Å²) >= 11 is 1.81. The average molecular weight is 398 g/mol. The van der Waals surface area contributed by atoms with Crippen molar-refractivity contribution in [1.82, 2.24) is 14.9 Å². The van der Waals surface area contributed by atoms with E-state index in [0.717, 1.165) is 41.2 Å². The number of benzene rings is 1. The van der Waals surface area contributed by atoms with Crippen LogP contribution in [0.3, 0.4) is 0 Å². The summed E-state index contributed by atoms with van der Waals surface area (Å²) in [6.07, 6.45) is 5.22. The van der Waals surface area contributed by atoms with E-state index in [1.165, 1.54) is 4.90 Å². The Morgan fingerprint density at radius 2 is 1.71 bits per heavy atom. The van der Waals surface area contributed by atoms with Crippen LogP contribution in [0.5, 0.6) is 0 Å². The molecule has 148 valence electrons. The van der Waals surface area contributed by atoms with Crippen molar-refractivity contribution in [1.29, 1.82) is 0 Å². The van der Waals surface area contributed by atoms with E-state index in [0.29, 0.717) is 17.7 Å². The molecule has 0 radical (unpaired) electrons. The summed E-state index contributed by atoms with van der Waals surface area (Å²) in [5, 5.41) is 0. The van der Waals surface area contributed by atoms with E-state index < -0.39 is 0 Å². The number of hydrogen-bond donors (Lipinski definition) is 1. The van der Waals surface area contributed by atoms with Gasteiger partial charge in [-0.05, 0) is 44.6 Å². The molecule has 1 saturated heterocycles. The van der Waals surface area contributed by atoms with Crippen LogP contribution in [0.1, 0.15) is 32.5 Å². The number of imide groups is 1. The molecule has 0 bridgehead atoms. The Bertz CT molecular complexity index is 835. The van der Waals surface area contributed by atoms with Crippen molar-refractivity contribution >= 4 is 34.6 Å². The molecule has 1 aliphatic rings. The third-order valence-electron chi connectivity index (χ3n) is 4.42. The van der Waals surface area contributed by atoms with Crippen molar-refractivity contribution in [3.8, 4) is 0 Å². The first kappa shape index (κ1) is 21.7. The third-order valence-corrected chi connectivity index (χ3v) is 5.47. The van der Waals surface area contributed by atoms with E-state index >= 15 is 0 Å². The summed E-state index contributed by atoms with van der Waals surface area (Å²) in [5.74, 6) is 2.46. The van der Waals surface area contributed by atoms with Gasteiger partial charge in [-0.2, -0.15) is 11.8 Å². The first-order valence-electron chi connectivity index (χ1n) is 9.36. The molecule has 2 amide bonds. The topological polar surface area (TPSA) is 66.1 Å². The first-order valence-corrected chi connectivity index (χ1v) is 10.5. The highest BCUT2D eigenvalue weighted by atomic mass is 32.2. The van der Waals surface area contributed by atoms with Crippen molar-refractivity contribution in [2.75, 3.05) is 12.3 Å². The van der Waals surface area contributed by atoms with Crippen LogP contribution in [-0.4, -0.2) is 39.0 Å². The summed E-state index contributed by atoms with van der Waals surface area (Å²) in [6, 6.07) is 8.01. The lowest BCUT2D eigenvalue weighted by atomic mass is 10.1. The van der Waals surface area contributed by atoms with Crippen LogP contribution in [0.15, 0.2) is 60.7 Å². The molecule has 3 rings (SSSR count). The number of fused-ring (bicyclic) bond motifs is 1. The molecular weight excluding hydrogens is 370 g/mol. The average Bonchev–Trinajstić information content (AvgIpc) is 3.24. The van der Waals surface area contributed by atoms with Crippen molar-refractivity contribution in [3.63, 3.8) is 0 Å². The van der Waals surface area contributed by atoms with Gasteiger partial charge in [-0.1, -0.05) is 24.3 Å². The number of nitrogens with one attached hydrogen (secondary N) is 1. The number of para-hydroxylation sites is 2. The second kappa shape index (κ2) is 10.7. The van der Waals surface area contributed by atoms with Crippen LogP contribution in [0.4, 0.5) is 0 Å². The number of aromatic nitrogens is 2. The van der Waals surface area contributed by atoms with Gasteiger partial charge >= 0.3 is 0 Å². The highest BCUT2D eigenvalue weighted by Gasteiger charge is 2.36. The molecule has 6 heteroatoms. The zero-order valence-corrected chi connectivity index (χ0v) is 17.3. The largest absolute Gasteiger partial charge is 0.341 e. The number of carbonyl (C=O) groups excluding carboxylic acids is 2. The van der Waals surface area contributed by atoms with Crippen molar-refractivity contribution in [2.24, 2.45) is 0 Å². The van der Waals surface area contributed by atoms with Gasteiger partial charge in [0.25, 0.3) is 11.8 Å². The summed E-state index contributed by atoms with van der Waals surface area (Å²) in [6.45, 7) is 10.1. The van der Waals surface area contributed by atoms with Gasteiger partial charge in [0, 0.05) is 17.7 Å². The molecule has 0 unspecified atom stereocenters. The Hall–Kier alpha value is -2.60. The van der Waals surface area contributed by atoms with Crippen LogP contribution in [0, 0.1) is 0 Å². The van der Waals surface area contributed by atoms with E-state index in [1.54, 1.807) is 26.0 Å². The minimum atomic E-state index is -0.166. The summed E-state index contributed by atoms with van der Waals surface area (Å²) in [7, 11) is 0. The molecule has 0 aliphatic carbocycles. The second-order valence-corrected chi connectivity index (χ2v) is 7.23. The minimum absolute atomic E-state index is 0.166. The van der Waals surface area contributed by atoms with Crippen LogP contribution in [-0.2, 0) is 15.3 Å². The molecule has 1 fully saturated rings. The molecular formula is C22H27N3O2S. The second-order valence-electron chi connectivity index (χ2n) is 6.13. The molecule has 1 aliphatic heterocycles.